The van der Waals surface area contributed by atoms with Gasteiger partial charge in [0.1, 0.15) is 12.2 Å². The number of nitrogens with zero attached hydrogens (tertiary/aromatic N) is 1. The van der Waals surface area contributed by atoms with Crippen LogP contribution in [0.5, 0.6) is 0 Å². The molecule has 7 heteroatoms. The largest absolute Gasteiger partial charge is 0.343 e. The summed E-state index contributed by atoms with van der Waals surface area (Å²) < 4.78 is 13.8. The molecule has 122 valence electrons. The molecule has 0 radical (unpaired) electrons. The Kier molecular flexibility index (Phi) is 6.35. The number of amides is 1. The zero-order chi connectivity index (χ0) is 15.6. The van der Waals surface area contributed by atoms with E-state index in [-0.39, 0.29) is 27.4 Å². The van der Waals surface area contributed by atoms with E-state index in [4.69, 9.17) is 0 Å². The van der Waals surface area contributed by atoms with Gasteiger partial charge in [-0.2, -0.15) is 0 Å². The van der Waals surface area contributed by atoms with Crippen molar-refractivity contribution in [1.29, 1.82) is 0 Å². The van der Waals surface area contributed by atoms with Crippen molar-refractivity contribution in [2.24, 2.45) is 5.92 Å². The Morgan fingerprint density at radius 1 is 1.52 bits per heavy atom. The molecule has 1 saturated carbocycles. The van der Waals surface area contributed by atoms with E-state index in [0.29, 0.717) is 12.3 Å². The number of hydrogen-bond acceptors (Lipinski definition) is 4. The first-order valence-corrected chi connectivity index (χ1v) is 9.44. The Morgan fingerprint density at radius 2 is 2.24 bits per heavy atom. The maximum Gasteiger partial charge on any atom is 0.239 e. The molecule has 0 aromatic rings. The highest BCUT2D eigenvalue weighted by Crippen LogP contribution is 2.38. The summed E-state index contributed by atoms with van der Waals surface area (Å²) in [5.41, 5.74) is 3.13. The van der Waals surface area contributed by atoms with Crippen molar-refractivity contribution in [3.05, 3.63) is 0 Å². The number of hydrazine groups is 1. The molecular formula is C14H25BrFN3OS. The molecule has 2 rings (SSSR count). The molecule has 1 aliphatic heterocycles. The van der Waals surface area contributed by atoms with Crippen LogP contribution >= 0.6 is 27.7 Å². The van der Waals surface area contributed by atoms with Crippen LogP contribution in [-0.4, -0.2) is 52.2 Å². The summed E-state index contributed by atoms with van der Waals surface area (Å²) in [5, 5.41) is 5.25. The second-order valence-corrected chi connectivity index (χ2v) is 8.96. The zero-order valence-corrected chi connectivity index (χ0v) is 15.2. The Bertz CT molecular complexity index is 376. The third kappa shape index (κ3) is 4.81. The fourth-order valence-corrected chi connectivity index (χ4v) is 5.14. The van der Waals surface area contributed by atoms with Gasteiger partial charge in [-0.15, -0.1) is 11.8 Å². The summed E-state index contributed by atoms with van der Waals surface area (Å²) >= 11 is 5.10. The van der Waals surface area contributed by atoms with Crippen molar-refractivity contribution in [2.75, 3.05) is 13.6 Å². The molecule has 1 saturated heterocycles. The van der Waals surface area contributed by atoms with Crippen LogP contribution < -0.4 is 10.7 Å². The quantitative estimate of drug-likeness (QED) is 0.579. The number of carbonyl (C=O) groups is 1. The van der Waals surface area contributed by atoms with Crippen molar-refractivity contribution in [3.8, 4) is 0 Å². The molecule has 2 aliphatic rings. The average molecular weight is 382 g/mol. The summed E-state index contributed by atoms with van der Waals surface area (Å²) in [6.45, 7) is 5.04. The van der Waals surface area contributed by atoms with E-state index in [2.05, 4.69) is 33.6 Å². The fraction of sp³-hybridized carbons (Fsp3) is 0.929. The molecule has 6 unspecified atom stereocenters. The number of nitrogens with one attached hydrogen (secondary N) is 2. The predicted octanol–water partition coefficient (Wildman–Crippen LogP) is 2.29. The minimum absolute atomic E-state index is 0.0109. The molecule has 0 aromatic carbocycles. The number of carbonyl (C=O) groups excluding carboxylic acids is 1. The maximum atomic E-state index is 13.8. The van der Waals surface area contributed by atoms with Crippen LogP contribution in [-0.2, 0) is 4.79 Å². The number of alkyl halides is 2. The van der Waals surface area contributed by atoms with Gasteiger partial charge in [-0.3, -0.25) is 4.79 Å². The lowest BCUT2D eigenvalue weighted by molar-refractivity contribution is -0.123. The molecule has 0 spiro atoms. The molecule has 1 amide bonds. The monoisotopic (exact) mass is 381 g/mol. The standard InChI is InChI=1S/C14H25BrFN3OS/c1-8-6-10(15)11(16)7-13(8)21-9(2)17-14(20)12-4-5-19(3)18-12/h8-13,18H,4-7H2,1-3H3,(H,17,20). The molecule has 2 N–H and O–H groups in total. The van der Waals surface area contributed by atoms with Crippen molar-refractivity contribution in [2.45, 2.75) is 60.8 Å². The SMILES string of the molecule is CC(NC(=O)C1CCN(C)N1)SC1CC(F)C(Br)CC1C. The van der Waals surface area contributed by atoms with Gasteiger partial charge in [-0.25, -0.2) is 14.8 Å². The minimum atomic E-state index is -0.785. The van der Waals surface area contributed by atoms with Gasteiger partial charge in [0.05, 0.1) is 5.37 Å². The van der Waals surface area contributed by atoms with Gasteiger partial charge in [0.2, 0.25) is 5.91 Å². The third-order valence-corrected chi connectivity index (χ3v) is 6.73. The Morgan fingerprint density at radius 3 is 2.86 bits per heavy atom. The Labute approximate surface area is 139 Å². The lowest BCUT2D eigenvalue weighted by Gasteiger charge is -2.35. The van der Waals surface area contributed by atoms with E-state index in [0.717, 1.165) is 19.4 Å². The number of thioether (sulfide) groups is 1. The van der Waals surface area contributed by atoms with Crippen molar-refractivity contribution >= 4 is 33.6 Å². The highest BCUT2D eigenvalue weighted by atomic mass is 79.9. The molecule has 0 bridgehead atoms. The molecule has 4 nitrogen and oxygen atoms in total. The second kappa shape index (κ2) is 7.62. The summed E-state index contributed by atoms with van der Waals surface area (Å²) in [5.74, 6) is 0.499. The zero-order valence-electron chi connectivity index (χ0n) is 12.8. The minimum Gasteiger partial charge on any atom is -0.343 e. The van der Waals surface area contributed by atoms with Gasteiger partial charge in [0, 0.05) is 23.7 Å². The van der Waals surface area contributed by atoms with E-state index in [1.54, 1.807) is 11.8 Å². The summed E-state index contributed by atoms with van der Waals surface area (Å²) in [7, 11) is 1.94. The first-order valence-electron chi connectivity index (χ1n) is 7.58. The van der Waals surface area contributed by atoms with Crippen LogP contribution in [0.4, 0.5) is 4.39 Å². The Hall–Kier alpha value is 0.150. The van der Waals surface area contributed by atoms with Crippen LogP contribution in [0.15, 0.2) is 0 Å². The molecule has 21 heavy (non-hydrogen) atoms. The van der Waals surface area contributed by atoms with Crippen LogP contribution in [0.2, 0.25) is 0 Å². The van der Waals surface area contributed by atoms with Crippen LogP contribution in [0.3, 0.4) is 0 Å². The van der Waals surface area contributed by atoms with E-state index in [1.807, 2.05) is 19.0 Å². The van der Waals surface area contributed by atoms with Crippen LogP contribution in [0.25, 0.3) is 0 Å². The number of hydrogen-bond donors (Lipinski definition) is 2. The summed E-state index contributed by atoms with van der Waals surface area (Å²) in [4.78, 5) is 12.1. The molecule has 1 heterocycles. The normalized spacial score (nSPS) is 39.2. The smallest absolute Gasteiger partial charge is 0.239 e. The van der Waals surface area contributed by atoms with Gasteiger partial charge >= 0.3 is 0 Å². The average Bonchev–Trinajstić information content (AvgIpc) is 2.82. The summed E-state index contributed by atoms with van der Waals surface area (Å²) in [6.07, 6.45) is 1.46. The number of rotatable bonds is 4. The predicted molar refractivity (Wildman–Crippen MR) is 89.2 cm³/mol. The molecule has 2 fully saturated rings. The highest BCUT2D eigenvalue weighted by Gasteiger charge is 2.35. The number of halogens is 2. The highest BCUT2D eigenvalue weighted by molar-refractivity contribution is 9.09. The van der Waals surface area contributed by atoms with Crippen molar-refractivity contribution in [1.82, 2.24) is 15.8 Å². The van der Waals surface area contributed by atoms with Crippen LogP contribution in [0, 0.1) is 5.92 Å². The molecular weight excluding hydrogens is 357 g/mol. The molecule has 0 aromatic heterocycles. The second-order valence-electron chi connectivity index (χ2n) is 6.20. The van der Waals surface area contributed by atoms with Gasteiger partial charge in [0.15, 0.2) is 0 Å². The van der Waals surface area contributed by atoms with Gasteiger partial charge < -0.3 is 5.32 Å². The van der Waals surface area contributed by atoms with E-state index in [9.17, 15) is 9.18 Å². The van der Waals surface area contributed by atoms with Crippen LogP contribution in [0.1, 0.15) is 33.1 Å². The Balaban J connectivity index is 1.78. The van der Waals surface area contributed by atoms with E-state index in [1.165, 1.54) is 0 Å². The topological polar surface area (TPSA) is 44.4 Å². The first kappa shape index (κ1) is 17.5. The molecule has 6 atom stereocenters. The lowest BCUT2D eigenvalue weighted by atomic mass is 9.89. The van der Waals surface area contributed by atoms with Gasteiger partial charge in [0.25, 0.3) is 0 Å². The van der Waals surface area contributed by atoms with Gasteiger partial charge in [-0.05, 0) is 32.1 Å². The van der Waals surface area contributed by atoms with E-state index >= 15 is 0 Å². The lowest BCUT2D eigenvalue weighted by Crippen LogP contribution is -2.46. The van der Waals surface area contributed by atoms with Crippen molar-refractivity contribution < 1.29 is 9.18 Å². The third-order valence-electron chi connectivity index (χ3n) is 4.25. The fourth-order valence-electron chi connectivity index (χ4n) is 2.95. The first-order chi connectivity index (χ1) is 9.86. The van der Waals surface area contributed by atoms with Crippen molar-refractivity contribution in [3.63, 3.8) is 0 Å². The summed E-state index contributed by atoms with van der Waals surface area (Å²) in [6, 6.07) is -0.136. The van der Waals surface area contributed by atoms with E-state index < -0.39 is 6.17 Å². The van der Waals surface area contributed by atoms with Gasteiger partial charge in [-0.1, -0.05) is 22.9 Å². The maximum absolute atomic E-state index is 13.8. The molecule has 1 aliphatic carbocycles.